The fourth-order valence-corrected chi connectivity index (χ4v) is 2.87. The SMILES string of the molecule is CCCOc1ccc(C2=NNC(c3cccnc3)=Nc3ccccc32)cc1. The van der Waals surface area contributed by atoms with Crippen LogP contribution in [0.1, 0.15) is 30.0 Å². The Morgan fingerprint density at radius 2 is 1.78 bits per heavy atom. The van der Waals surface area contributed by atoms with Crippen LogP contribution in [0.15, 0.2) is 83.2 Å². The minimum absolute atomic E-state index is 0.674. The quantitative estimate of drug-likeness (QED) is 0.741. The van der Waals surface area contributed by atoms with Crippen LogP contribution in [0.5, 0.6) is 5.75 Å². The highest BCUT2D eigenvalue weighted by atomic mass is 16.5. The molecule has 0 spiro atoms. The maximum Gasteiger partial charge on any atom is 0.155 e. The Balaban J connectivity index is 1.72. The van der Waals surface area contributed by atoms with E-state index in [4.69, 9.17) is 9.73 Å². The number of nitrogens with zero attached hydrogens (tertiary/aromatic N) is 3. The van der Waals surface area contributed by atoms with Crippen molar-refractivity contribution in [1.82, 2.24) is 10.4 Å². The zero-order valence-electron chi connectivity index (χ0n) is 15.1. The van der Waals surface area contributed by atoms with E-state index in [2.05, 4.69) is 22.4 Å². The van der Waals surface area contributed by atoms with Crippen LogP contribution in [0.4, 0.5) is 5.69 Å². The van der Waals surface area contributed by atoms with E-state index in [1.807, 2.05) is 60.7 Å². The molecule has 1 N–H and O–H groups in total. The predicted octanol–water partition coefficient (Wildman–Crippen LogP) is 4.30. The summed E-state index contributed by atoms with van der Waals surface area (Å²) in [5, 5.41) is 4.65. The molecule has 0 bridgehead atoms. The van der Waals surface area contributed by atoms with Crippen molar-refractivity contribution in [3.63, 3.8) is 0 Å². The average Bonchev–Trinajstić information content (AvgIpc) is 2.93. The van der Waals surface area contributed by atoms with Crippen molar-refractivity contribution in [2.45, 2.75) is 13.3 Å². The van der Waals surface area contributed by atoms with Gasteiger partial charge in [0, 0.05) is 29.1 Å². The molecule has 5 heteroatoms. The first-order valence-electron chi connectivity index (χ1n) is 9.00. The average molecular weight is 356 g/mol. The second kappa shape index (κ2) is 7.83. The molecule has 27 heavy (non-hydrogen) atoms. The maximum absolute atomic E-state index is 5.68. The van der Waals surface area contributed by atoms with Gasteiger partial charge in [0.15, 0.2) is 5.84 Å². The number of fused-ring (bicyclic) bond motifs is 1. The van der Waals surface area contributed by atoms with Crippen LogP contribution in [-0.4, -0.2) is 23.1 Å². The van der Waals surface area contributed by atoms with Crippen molar-refractivity contribution in [2.75, 3.05) is 6.61 Å². The number of aliphatic imine (C=N–C) groups is 1. The van der Waals surface area contributed by atoms with Gasteiger partial charge in [0.2, 0.25) is 0 Å². The summed E-state index contributed by atoms with van der Waals surface area (Å²) in [7, 11) is 0. The van der Waals surface area contributed by atoms with Gasteiger partial charge < -0.3 is 4.74 Å². The highest BCUT2D eigenvalue weighted by Crippen LogP contribution is 2.26. The molecule has 0 radical (unpaired) electrons. The zero-order valence-corrected chi connectivity index (χ0v) is 15.1. The number of benzene rings is 2. The Labute approximate surface area is 158 Å². The summed E-state index contributed by atoms with van der Waals surface area (Å²) >= 11 is 0. The summed E-state index contributed by atoms with van der Waals surface area (Å²) in [5.74, 6) is 1.54. The van der Waals surface area contributed by atoms with Gasteiger partial charge in [0.1, 0.15) is 5.75 Å². The zero-order chi connectivity index (χ0) is 18.5. The largest absolute Gasteiger partial charge is 0.494 e. The minimum Gasteiger partial charge on any atom is -0.494 e. The Morgan fingerprint density at radius 3 is 2.56 bits per heavy atom. The van der Waals surface area contributed by atoms with Gasteiger partial charge in [-0.2, -0.15) is 5.10 Å². The first kappa shape index (κ1) is 17.0. The first-order valence-corrected chi connectivity index (χ1v) is 9.00. The third-order valence-electron chi connectivity index (χ3n) is 4.20. The van der Waals surface area contributed by atoms with E-state index in [1.54, 1.807) is 12.4 Å². The van der Waals surface area contributed by atoms with Crippen molar-refractivity contribution in [1.29, 1.82) is 0 Å². The van der Waals surface area contributed by atoms with E-state index in [-0.39, 0.29) is 0 Å². The van der Waals surface area contributed by atoms with Crippen molar-refractivity contribution < 1.29 is 4.74 Å². The van der Waals surface area contributed by atoms with E-state index in [9.17, 15) is 0 Å². The van der Waals surface area contributed by atoms with Crippen LogP contribution in [-0.2, 0) is 0 Å². The fraction of sp³-hybridized carbons (Fsp3) is 0.136. The minimum atomic E-state index is 0.674. The molecule has 1 aliphatic heterocycles. The van der Waals surface area contributed by atoms with E-state index in [0.29, 0.717) is 12.4 Å². The summed E-state index contributed by atoms with van der Waals surface area (Å²) in [5.41, 5.74) is 7.69. The van der Waals surface area contributed by atoms with Crippen molar-refractivity contribution in [2.24, 2.45) is 10.1 Å². The lowest BCUT2D eigenvalue weighted by Crippen LogP contribution is -2.19. The number of ether oxygens (including phenoxy) is 1. The second-order valence-corrected chi connectivity index (χ2v) is 6.16. The van der Waals surface area contributed by atoms with Crippen LogP contribution in [0, 0.1) is 0 Å². The topological polar surface area (TPSA) is 58.9 Å². The molecule has 2 heterocycles. The van der Waals surface area contributed by atoms with E-state index >= 15 is 0 Å². The van der Waals surface area contributed by atoms with Gasteiger partial charge in [-0.1, -0.05) is 25.1 Å². The number of hydrogen-bond donors (Lipinski definition) is 1. The van der Waals surface area contributed by atoms with Gasteiger partial charge in [-0.05, 0) is 48.9 Å². The molecule has 2 aromatic carbocycles. The summed E-state index contributed by atoms with van der Waals surface area (Å²) in [6, 6.07) is 19.9. The van der Waals surface area contributed by atoms with Crippen molar-refractivity contribution in [3.8, 4) is 5.75 Å². The van der Waals surface area contributed by atoms with Crippen LogP contribution < -0.4 is 10.2 Å². The van der Waals surface area contributed by atoms with Crippen molar-refractivity contribution >= 4 is 17.2 Å². The monoisotopic (exact) mass is 356 g/mol. The first-order chi connectivity index (χ1) is 13.3. The summed E-state index contributed by atoms with van der Waals surface area (Å²) < 4.78 is 5.68. The predicted molar refractivity (Wildman–Crippen MR) is 108 cm³/mol. The molecule has 134 valence electrons. The van der Waals surface area contributed by atoms with E-state index in [1.165, 1.54) is 0 Å². The molecule has 0 atom stereocenters. The van der Waals surface area contributed by atoms with Crippen LogP contribution in [0.25, 0.3) is 0 Å². The lowest BCUT2D eigenvalue weighted by atomic mass is 10.0. The third-order valence-corrected chi connectivity index (χ3v) is 4.20. The van der Waals surface area contributed by atoms with E-state index in [0.717, 1.165) is 40.3 Å². The van der Waals surface area contributed by atoms with Crippen LogP contribution in [0.3, 0.4) is 0 Å². The molecule has 1 aromatic heterocycles. The standard InChI is InChI=1S/C22H20N4O/c1-2-14-27-18-11-9-16(10-12-18)21-19-7-3-4-8-20(19)24-22(26-25-21)17-6-5-13-23-15-17/h3-13,15H,2,14H2,1H3,(H,24,26). The van der Waals surface area contributed by atoms with Gasteiger partial charge in [-0.15, -0.1) is 0 Å². The highest BCUT2D eigenvalue weighted by Gasteiger charge is 2.16. The molecule has 0 aliphatic carbocycles. The smallest absolute Gasteiger partial charge is 0.155 e. The Hall–Kier alpha value is -3.47. The lowest BCUT2D eigenvalue weighted by Gasteiger charge is -2.09. The molecule has 0 unspecified atom stereocenters. The molecule has 0 saturated heterocycles. The van der Waals surface area contributed by atoms with Crippen LogP contribution >= 0.6 is 0 Å². The number of hydrogen-bond acceptors (Lipinski definition) is 5. The lowest BCUT2D eigenvalue weighted by molar-refractivity contribution is 0.317. The van der Waals surface area contributed by atoms with E-state index < -0.39 is 0 Å². The molecular formula is C22H20N4O. The molecule has 1 aliphatic rings. The normalized spacial score (nSPS) is 12.9. The number of hydrazone groups is 1. The molecule has 0 saturated carbocycles. The Bertz CT molecular complexity index is 979. The van der Waals surface area contributed by atoms with Crippen LogP contribution in [0.2, 0.25) is 0 Å². The Kier molecular flexibility index (Phi) is 4.92. The fourth-order valence-electron chi connectivity index (χ4n) is 2.87. The Morgan fingerprint density at radius 1 is 0.926 bits per heavy atom. The van der Waals surface area contributed by atoms with Gasteiger partial charge in [-0.3, -0.25) is 10.4 Å². The molecular weight excluding hydrogens is 336 g/mol. The van der Waals surface area contributed by atoms with Crippen molar-refractivity contribution in [3.05, 3.63) is 89.7 Å². The number of amidine groups is 1. The van der Waals surface area contributed by atoms with Gasteiger partial charge >= 0.3 is 0 Å². The second-order valence-electron chi connectivity index (χ2n) is 6.16. The molecule has 0 amide bonds. The highest BCUT2D eigenvalue weighted by molar-refractivity contribution is 6.17. The summed E-state index contributed by atoms with van der Waals surface area (Å²) in [6.45, 7) is 2.81. The molecule has 4 rings (SSSR count). The number of pyridine rings is 1. The number of nitrogens with one attached hydrogen (secondary N) is 1. The summed E-state index contributed by atoms with van der Waals surface area (Å²) in [6.07, 6.45) is 4.50. The molecule has 3 aromatic rings. The number of aromatic nitrogens is 1. The van der Waals surface area contributed by atoms with Gasteiger partial charge in [-0.25, -0.2) is 4.99 Å². The van der Waals surface area contributed by atoms with Gasteiger partial charge in [0.25, 0.3) is 0 Å². The molecule has 0 fully saturated rings. The number of rotatable bonds is 5. The number of para-hydroxylation sites is 1. The third kappa shape index (κ3) is 3.72. The summed E-state index contributed by atoms with van der Waals surface area (Å²) in [4.78, 5) is 8.94. The maximum atomic E-state index is 5.68. The molecule has 5 nitrogen and oxygen atoms in total. The van der Waals surface area contributed by atoms with Gasteiger partial charge in [0.05, 0.1) is 18.0 Å².